The van der Waals surface area contributed by atoms with Crippen LogP contribution in [0.25, 0.3) is 0 Å². The van der Waals surface area contributed by atoms with Gasteiger partial charge in [0.05, 0.1) is 0 Å². The number of nitrogens with one attached hydrogen (secondary N) is 1. The number of urea groups is 1. The Kier molecular flexibility index (Phi) is 6.44. The molecule has 0 aromatic rings. The number of imide groups is 1. The van der Waals surface area contributed by atoms with Crippen molar-refractivity contribution >= 4 is 17.9 Å². The molecule has 1 aliphatic rings. The number of nitrogens with zero attached hydrogens (tertiary/aromatic N) is 2. The van der Waals surface area contributed by atoms with E-state index in [1.54, 1.807) is 4.90 Å². The zero-order valence-electron chi connectivity index (χ0n) is 12.1. The Morgan fingerprint density at radius 2 is 1.95 bits per heavy atom. The van der Waals surface area contributed by atoms with Crippen LogP contribution in [-0.4, -0.2) is 65.0 Å². The van der Waals surface area contributed by atoms with E-state index in [-0.39, 0.29) is 31.3 Å². The largest absolute Gasteiger partial charge is 0.481 e. The minimum absolute atomic E-state index is 0.0581. The molecule has 1 saturated heterocycles. The predicted octanol–water partition coefficient (Wildman–Crippen LogP) is 0.504. The fourth-order valence-corrected chi connectivity index (χ4v) is 2.31. The smallest absolute Gasteiger partial charge is 0.324 e. The molecule has 0 saturated carbocycles. The molecule has 2 N–H and O–H groups in total. The van der Waals surface area contributed by atoms with Crippen LogP contribution in [0.4, 0.5) is 4.79 Å². The lowest BCUT2D eigenvalue weighted by Gasteiger charge is -2.39. The van der Waals surface area contributed by atoms with Gasteiger partial charge in [-0.2, -0.15) is 0 Å². The SMILES string of the molecule is CCN1CCN(C(=O)NC(=O)CCCC(=O)O)CC1C. The van der Waals surface area contributed by atoms with Gasteiger partial charge in [0.2, 0.25) is 5.91 Å². The molecular weight excluding hydrogens is 262 g/mol. The maximum Gasteiger partial charge on any atom is 0.324 e. The van der Waals surface area contributed by atoms with Gasteiger partial charge in [-0.25, -0.2) is 4.79 Å². The number of carboxylic acids is 1. The van der Waals surface area contributed by atoms with E-state index in [0.717, 1.165) is 13.1 Å². The monoisotopic (exact) mass is 285 g/mol. The van der Waals surface area contributed by atoms with Crippen molar-refractivity contribution in [2.75, 3.05) is 26.2 Å². The number of piperazine rings is 1. The second-order valence-electron chi connectivity index (χ2n) is 5.02. The second-order valence-corrected chi connectivity index (χ2v) is 5.02. The number of carbonyl (C=O) groups excluding carboxylic acids is 2. The van der Waals surface area contributed by atoms with Gasteiger partial charge >= 0.3 is 12.0 Å². The van der Waals surface area contributed by atoms with Crippen molar-refractivity contribution in [3.63, 3.8) is 0 Å². The number of carbonyl (C=O) groups is 3. The number of aliphatic carboxylic acids is 1. The first-order valence-electron chi connectivity index (χ1n) is 6.98. The van der Waals surface area contributed by atoms with Crippen LogP contribution < -0.4 is 5.32 Å². The summed E-state index contributed by atoms with van der Waals surface area (Å²) < 4.78 is 0. The minimum atomic E-state index is -0.936. The third-order valence-corrected chi connectivity index (χ3v) is 3.50. The Labute approximate surface area is 118 Å². The third-order valence-electron chi connectivity index (χ3n) is 3.50. The molecule has 0 spiro atoms. The van der Waals surface area contributed by atoms with E-state index in [1.165, 1.54) is 0 Å². The molecule has 0 radical (unpaired) electrons. The summed E-state index contributed by atoms with van der Waals surface area (Å²) >= 11 is 0. The molecule has 0 aliphatic carbocycles. The Balaban J connectivity index is 2.32. The van der Waals surface area contributed by atoms with Crippen LogP contribution in [0, 0.1) is 0 Å². The molecule has 0 aromatic carbocycles. The van der Waals surface area contributed by atoms with Gasteiger partial charge in [-0.05, 0) is 19.9 Å². The van der Waals surface area contributed by atoms with E-state index in [0.29, 0.717) is 13.1 Å². The van der Waals surface area contributed by atoms with Crippen LogP contribution in [0.5, 0.6) is 0 Å². The molecule has 1 atom stereocenters. The molecule has 1 aliphatic heterocycles. The molecule has 20 heavy (non-hydrogen) atoms. The van der Waals surface area contributed by atoms with Gasteiger partial charge in [-0.3, -0.25) is 19.8 Å². The van der Waals surface area contributed by atoms with Gasteiger partial charge in [0.15, 0.2) is 0 Å². The molecule has 0 aromatic heterocycles. The predicted molar refractivity (Wildman–Crippen MR) is 73.3 cm³/mol. The zero-order chi connectivity index (χ0) is 15.1. The molecule has 1 rings (SSSR count). The van der Waals surface area contributed by atoms with Gasteiger partial charge in [0, 0.05) is 38.5 Å². The van der Waals surface area contributed by atoms with E-state index in [9.17, 15) is 14.4 Å². The summed E-state index contributed by atoms with van der Waals surface area (Å²) in [6, 6.07) is -0.102. The average molecular weight is 285 g/mol. The Morgan fingerprint density at radius 1 is 1.25 bits per heavy atom. The number of hydrogen-bond acceptors (Lipinski definition) is 4. The normalized spacial score (nSPS) is 19.7. The van der Waals surface area contributed by atoms with E-state index >= 15 is 0 Å². The Hall–Kier alpha value is -1.63. The lowest BCUT2D eigenvalue weighted by molar-refractivity contribution is -0.137. The van der Waals surface area contributed by atoms with Crippen LogP contribution in [0.1, 0.15) is 33.1 Å². The van der Waals surface area contributed by atoms with Gasteiger partial charge in [0.25, 0.3) is 0 Å². The van der Waals surface area contributed by atoms with Crippen LogP contribution >= 0.6 is 0 Å². The summed E-state index contributed by atoms with van der Waals surface area (Å²) in [5.74, 6) is -1.35. The van der Waals surface area contributed by atoms with Gasteiger partial charge < -0.3 is 10.0 Å². The van der Waals surface area contributed by atoms with Crippen molar-refractivity contribution in [1.82, 2.24) is 15.1 Å². The highest BCUT2D eigenvalue weighted by molar-refractivity contribution is 5.94. The fourth-order valence-electron chi connectivity index (χ4n) is 2.31. The summed E-state index contributed by atoms with van der Waals surface area (Å²) in [5.41, 5.74) is 0. The molecule has 1 heterocycles. The van der Waals surface area contributed by atoms with Crippen molar-refractivity contribution in [3.05, 3.63) is 0 Å². The maximum absolute atomic E-state index is 11.9. The molecule has 114 valence electrons. The Bertz CT molecular complexity index is 373. The average Bonchev–Trinajstić information content (AvgIpc) is 2.38. The van der Waals surface area contributed by atoms with E-state index in [1.807, 2.05) is 0 Å². The van der Waals surface area contributed by atoms with Crippen LogP contribution in [0.15, 0.2) is 0 Å². The van der Waals surface area contributed by atoms with Crippen molar-refractivity contribution in [2.24, 2.45) is 0 Å². The first-order chi connectivity index (χ1) is 9.43. The first kappa shape index (κ1) is 16.4. The lowest BCUT2D eigenvalue weighted by Crippen LogP contribution is -2.56. The molecule has 1 unspecified atom stereocenters. The highest BCUT2D eigenvalue weighted by atomic mass is 16.4. The Morgan fingerprint density at radius 3 is 2.50 bits per heavy atom. The van der Waals surface area contributed by atoms with Gasteiger partial charge in [-0.15, -0.1) is 0 Å². The summed E-state index contributed by atoms with van der Waals surface area (Å²) in [6.07, 6.45) is 0.241. The number of amides is 3. The van der Waals surface area contributed by atoms with Crippen LogP contribution in [0.3, 0.4) is 0 Å². The van der Waals surface area contributed by atoms with E-state index in [2.05, 4.69) is 24.1 Å². The second kappa shape index (κ2) is 7.84. The van der Waals surface area contributed by atoms with Crippen molar-refractivity contribution in [3.8, 4) is 0 Å². The molecule has 7 heteroatoms. The van der Waals surface area contributed by atoms with Crippen molar-refractivity contribution in [2.45, 2.75) is 39.2 Å². The maximum atomic E-state index is 11.9. The minimum Gasteiger partial charge on any atom is -0.481 e. The number of hydrogen-bond donors (Lipinski definition) is 2. The molecule has 7 nitrogen and oxygen atoms in total. The molecule has 1 fully saturated rings. The zero-order valence-corrected chi connectivity index (χ0v) is 12.1. The summed E-state index contributed by atoms with van der Waals surface area (Å²) in [7, 11) is 0. The topological polar surface area (TPSA) is 90.0 Å². The quantitative estimate of drug-likeness (QED) is 0.768. The van der Waals surface area contributed by atoms with Gasteiger partial charge in [0.1, 0.15) is 0 Å². The summed E-state index contributed by atoms with van der Waals surface area (Å²) in [6.45, 7) is 7.09. The standard InChI is InChI=1S/C13H23N3O4/c1-3-15-7-8-16(9-10(15)2)13(20)14-11(17)5-4-6-12(18)19/h10H,3-9H2,1-2H3,(H,18,19)(H,14,17,20). The van der Waals surface area contributed by atoms with Crippen molar-refractivity contribution < 1.29 is 19.5 Å². The van der Waals surface area contributed by atoms with Crippen LogP contribution in [0.2, 0.25) is 0 Å². The first-order valence-corrected chi connectivity index (χ1v) is 6.98. The molecular formula is C13H23N3O4. The van der Waals surface area contributed by atoms with E-state index in [4.69, 9.17) is 5.11 Å². The van der Waals surface area contributed by atoms with Crippen LogP contribution in [-0.2, 0) is 9.59 Å². The molecule has 0 bridgehead atoms. The number of rotatable bonds is 5. The number of likely N-dealkylation sites (N-methyl/N-ethyl adjacent to an activating group) is 1. The third kappa shape index (κ3) is 5.16. The fraction of sp³-hybridized carbons (Fsp3) is 0.769. The lowest BCUT2D eigenvalue weighted by atomic mass is 10.2. The highest BCUT2D eigenvalue weighted by Crippen LogP contribution is 2.09. The van der Waals surface area contributed by atoms with Gasteiger partial charge in [-0.1, -0.05) is 6.92 Å². The summed E-state index contributed by atoms with van der Waals surface area (Å²) in [4.78, 5) is 37.7. The molecule has 3 amide bonds. The number of carboxylic acid groups (broad SMARTS) is 1. The summed E-state index contributed by atoms with van der Waals surface area (Å²) in [5, 5.41) is 10.8. The van der Waals surface area contributed by atoms with E-state index < -0.39 is 11.9 Å². The highest BCUT2D eigenvalue weighted by Gasteiger charge is 2.26. The van der Waals surface area contributed by atoms with Crippen molar-refractivity contribution in [1.29, 1.82) is 0 Å².